The van der Waals surface area contributed by atoms with Gasteiger partial charge < -0.3 is 0 Å². The maximum absolute atomic E-state index is 5.78. The van der Waals surface area contributed by atoms with Gasteiger partial charge in [0.2, 0.25) is 0 Å². The van der Waals surface area contributed by atoms with E-state index in [1.165, 1.54) is 23.1 Å². The molecular formula is C16H17Cl. The van der Waals surface area contributed by atoms with Crippen molar-refractivity contribution >= 4 is 11.6 Å². The molecule has 0 radical (unpaired) electrons. The van der Waals surface area contributed by atoms with Crippen molar-refractivity contribution in [3.8, 4) is 11.1 Å². The minimum atomic E-state index is 0.579. The van der Waals surface area contributed by atoms with Crippen molar-refractivity contribution in [3.63, 3.8) is 0 Å². The van der Waals surface area contributed by atoms with Gasteiger partial charge in [-0.3, -0.25) is 0 Å². The molecule has 88 valence electrons. The van der Waals surface area contributed by atoms with Gasteiger partial charge in [-0.2, -0.15) is 0 Å². The summed E-state index contributed by atoms with van der Waals surface area (Å²) in [5, 5.41) is 0. The van der Waals surface area contributed by atoms with Gasteiger partial charge >= 0.3 is 0 Å². The Morgan fingerprint density at radius 2 is 1.24 bits per heavy atom. The molecule has 0 amide bonds. The third kappa shape index (κ3) is 3.10. The van der Waals surface area contributed by atoms with E-state index in [-0.39, 0.29) is 0 Å². The lowest BCUT2D eigenvalue weighted by Gasteiger charge is -2.04. The van der Waals surface area contributed by atoms with Crippen LogP contribution in [0.3, 0.4) is 0 Å². The quantitative estimate of drug-likeness (QED) is 0.661. The smallest absolute Gasteiger partial charge is 0.0474 e. The highest BCUT2D eigenvalue weighted by molar-refractivity contribution is 6.17. The average molecular weight is 245 g/mol. The van der Waals surface area contributed by atoms with Crippen LogP contribution in [0.2, 0.25) is 0 Å². The summed E-state index contributed by atoms with van der Waals surface area (Å²) < 4.78 is 0. The first kappa shape index (κ1) is 12.2. The van der Waals surface area contributed by atoms with Crippen LogP contribution in [-0.2, 0) is 12.3 Å². The second-order valence-electron chi connectivity index (χ2n) is 4.28. The summed E-state index contributed by atoms with van der Waals surface area (Å²) in [6, 6.07) is 17.3. The Labute approximate surface area is 108 Å². The van der Waals surface area contributed by atoms with E-state index in [9.17, 15) is 0 Å². The lowest BCUT2D eigenvalue weighted by Crippen LogP contribution is -1.84. The van der Waals surface area contributed by atoms with Crippen LogP contribution >= 0.6 is 11.6 Å². The van der Waals surface area contributed by atoms with Crippen LogP contribution in [0.15, 0.2) is 48.5 Å². The molecule has 0 fully saturated rings. The maximum atomic E-state index is 5.78. The van der Waals surface area contributed by atoms with Gasteiger partial charge in [0.05, 0.1) is 0 Å². The Morgan fingerprint density at radius 3 is 1.65 bits per heavy atom. The highest BCUT2D eigenvalue weighted by Gasteiger charge is 1.98. The molecule has 17 heavy (non-hydrogen) atoms. The summed E-state index contributed by atoms with van der Waals surface area (Å²) in [6.07, 6.45) is 2.36. The zero-order chi connectivity index (χ0) is 12.1. The molecule has 0 heterocycles. The zero-order valence-corrected chi connectivity index (χ0v) is 10.9. The minimum Gasteiger partial charge on any atom is -0.122 e. The van der Waals surface area contributed by atoms with Crippen molar-refractivity contribution < 1.29 is 0 Å². The number of hydrogen-bond donors (Lipinski definition) is 0. The molecule has 0 saturated heterocycles. The van der Waals surface area contributed by atoms with E-state index < -0.39 is 0 Å². The molecule has 2 aromatic carbocycles. The topological polar surface area (TPSA) is 0 Å². The van der Waals surface area contributed by atoms with Gasteiger partial charge in [0.15, 0.2) is 0 Å². The van der Waals surface area contributed by atoms with Crippen molar-refractivity contribution in [3.05, 3.63) is 59.7 Å². The molecule has 0 atom stereocenters. The molecule has 2 rings (SSSR count). The van der Waals surface area contributed by atoms with E-state index in [0.29, 0.717) is 5.88 Å². The van der Waals surface area contributed by atoms with Crippen molar-refractivity contribution in [1.82, 2.24) is 0 Å². The first-order valence-electron chi connectivity index (χ1n) is 6.07. The van der Waals surface area contributed by atoms with Crippen LogP contribution in [0.25, 0.3) is 11.1 Å². The molecule has 0 spiro atoms. The molecule has 0 nitrogen and oxygen atoms in total. The molecule has 0 aliphatic rings. The summed E-state index contributed by atoms with van der Waals surface area (Å²) in [4.78, 5) is 0. The van der Waals surface area contributed by atoms with Crippen LogP contribution < -0.4 is 0 Å². The van der Waals surface area contributed by atoms with Gasteiger partial charge in [-0.1, -0.05) is 61.9 Å². The first-order valence-corrected chi connectivity index (χ1v) is 6.61. The molecular weight excluding hydrogens is 228 g/mol. The van der Waals surface area contributed by atoms with Gasteiger partial charge in [-0.25, -0.2) is 0 Å². The maximum Gasteiger partial charge on any atom is 0.0474 e. The molecule has 1 heteroatoms. The van der Waals surface area contributed by atoms with Crippen molar-refractivity contribution in [2.75, 3.05) is 0 Å². The fraction of sp³-hybridized carbons (Fsp3) is 0.250. The van der Waals surface area contributed by atoms with E-state index in [0.717, 1.165) is 12.0 Å². The van der Waals surface area contributed by atoms with Gasteiger partial charge in [-0.05, 0) is 28.7 Å². The van der Waals surface area contributed by atoms with Crippen molar-refractivity contribution in [2.45, 2.75) is 25.6 Å². The van der Waals surface area contributed by atoms with E-state index in [2.05, 4.69) is 55.5 Å². The SMILES string of the molecule is CCCc1ccc(-c2ccc(CCl)cc2)cc1. The molecule has 0 unspecified atom stereocenters. The van der Waals surface area contributed by atoms with Gasteiger partial charge in [-0.15, -0.1) is 11.6 Å². The minimum absolute atomic E-state index is 0.579. The summed E-state index contributed by atoms with van der Waals surface area (Å²) in [5.41, 5.74) is 5.10. The summed E-state index contributed by atoms with van der Waals surface area (Å²) >= 11 is 5.78. The highest BCUT2D eigenvalue weighted by atomic mass is 35.5. The number of halogens is 1. The predicted octanol–water partition coefficient (Wildman–Crippen LogP) is 5.04. The average Bonchev–Trinajstić information content (AvgIpc) is 2.40. The van der Waals surface area contributed by atoms with Crippen molar-refractivity contribution in [2.24, 2.45) is 0 Å². The number of alkyl halides is 1. The van der Waals surface area contributed by atoms with E-state index in [4.69, 9.17) is 11.6 Å². The van der Waals surface area contributed by atoms with E-state index in [1.807, 2.05) is 0 Å². The van der Waals surface area contributed by atoms with E-state index >= 15 is 0 Å². The lowest BCUT2D eigenvalue weighted by molar-refractivity contribution is 0.922. The number of aryl methyl sites for hydroxylation is 1. The molecule has 0 aliphatic carbocycles. The van der Waals surface area contributed by atoms with Gasteiger partial charge in [0.25, 0.3) is 0 Å². The largest absolute Gasteiger partial charge is 0.122 e. The number of benzene rings is 2. The molecule has 0 N–H and O–H groups in total. The summed E-state index contributed by atoms with van der Waals surface area (Å²) in [6.45, 7) is 2.21. The fourth-order valence-electron chi connectivity index (χ4n) is 1.94. The third-order valence-corrected chi connectivity index (χ3v) is 3.24. The van der Waals surface area contributed by atoms with E-state index in [1.54, 1.807) is 0 Å². The Kier molecular flexibility index (Phi) is 4.22. The monoisotopic (exact) mass is 244 g/mol. The Bertz CT molecular complexity index is 454. The predicted molar refractivity (Wildman–Crippen MR) is 75.4 cm³/mol. The van der Waals surface area contributed by atoms with Gasteiger partial charge in [0.1, 0.15) is 0 Å². The second kappa shape index (κ2) is 5.88. The van der Waals surface area contributed by atoms with Crippen LogP contribution in [0.4, 0.5) is 0 Å². The number of hydrogen-bond acceptors (Lipinski definition) is 0. The highest BCUT2D eigenvalue weighted by Crippen LogP contribution is 2.21. The molecule has 0 aliphatic heterocycles. The van der Waals surface area contributed by atoms with Crippen molar-refractivity contribution in [1.29, 1.82) is 0 Å². The lowest BCUT2D eigenvalue weighted by atomic mass is 10.0. The molecule has 0 aromatic heterocycles. The van der Waals surface area contributed by atoms with Crippen LogP contribution in [-0.4, -0.2) is 0 Å². The summed E-state index contributed by atoms with van der Waals surface area (Å²) in [7, 11) is 0. The Morgan fingerprint density at radius 1 is 0.765 bits per heavy atom. The number of rotatable bonds is 4. The van der Waals surface area contributed by atoms with Crippen LogP contribution in [0.5, 0.6) is 0 Å². The third-order valence-electron chi connectivity index (χ3n) is 2.93. The normalized spacial score (nSPS) is 10.5. The molecule has 0 bridgehead atoms. The van der Waals surface area contributed by atoms with Crippen LogP contribution in [0, 0.1) is 0 Å². The summed E-state index contributed by atoms with van der Waals surface area (Å²) in [5.74, 6) is 0.579. The second-order valence-corrected chi connectivity index (χ2v) is 4.54. The van der Waals surface area contributed by atoms with Crippen LogP contribution in [0.1, 0.15) is 24.5 Å². The first-order chi connectivity index (χ1) is 8.33. The Hall–Kier alpha value is -1.27. The molecule has 0 saturated carbocycles. The zero-order valence-electron chi connectivity index (χ0n) is 10.1. The fourth-order valence-corrected chi connectivity index (χ4v) is 2.12. The Balaban J connectivity index is 2.20. The van der Waals surface area contributed by atoms with Gasteiger partial charge in [0, 0.05) is 5.88 Å². The standard InChI is InChI=1S/C16H17Cl/c1-2-3-13-4-8-15(9-5-13)16-10-6-14(12-17)7-11-16/h4-11H,2-3,12H2,1H3. The molecule has 2 aromatic rings.